The van der Waals surface area contributed by atoms with Crippen LogP contribution in [0, 0.1) is 5.92 Å². The molecule has 0 fully saturated rings. The van der Waals surface area contributed by atoms with E-state index in [2.05, 4.69) is 31.8 Å². The van der Waals surface area contributed by atoms with Gasteiger partial charge in [-0.3, -0.25) is 0 Å². The van der Waals surface area contributed by atoms with Crippen molar-refractivity contribution in [1.82, 2.24) is 0 Å². The Balaban J connectivity index is 0.00000277. The summed E-state index contributed by atoms with van der Waals surface area (Å²) in [4.78, 5) is 1.92. The molecule has 5 heteroatoms. The Morgan fingerprint density at radius 2 is 1.76 bits per heavy atom. The molecule has 0 aromatic heterocycles. The SMILES string of the molecule is C=C/C(OC)=C(\C=C(/C)Sc1c(Cl)cc(NC)cc1Cl)C(C)C.CC. The van der Waals surface area contributed by atoms with Crippen molar-refractivity contribution in [3.8, 4) is 0 Å². The Labute approximate surface area is 167 Å². The summed E-state index contributed by atoms with van der Waals surface area (Å²) in [5.74, 6) is 1.10. The normalized spacial score (nSPS) is 12.2. The van der Waals surface area contributed by atoms with Crippen LogP contribution in [0.15, 0.2) is 52.0 Å². The van der Waals surface area contributed by atoms with Crippen LogP contribution in [0.1, 0.15) is 34.6 Å². The lowest BCUT2D eigenvalue weighted by molar-refractivity contribution is 0.300. The van der Waals surface area contributed by atoms with Gasteiger partial charge in [0.1, 0.15) is 5.76 Å². The van der Waals surface area contributed by atoms with Crippen LogP contribution in [0.2, 0.25) is 10.0 Å². The minimum absolute atomic E-state index is 0.316. The molecule has 0 unspecified atom stereocenters. The zero-order valence-electron chi connectivity index (χ0n) is 16.2. The Morgan fingerprint density at radius 3 is 2.12 bits per heavy atom. The van der Waals surface area contributed by atoms with Gasteiger partial charge in [0.2, 0.25) is 0 Å². The first-order valence-corrected chi connectivity index (χ1v) is 9.84. The van der Waals surface area contributed by atoms with Crippen LogP contribution in [0.4, 0.5) is 5.69 Å². The van der Waals surface area contributed by atoms with E-state index in [9.17, 15) is 0 Å². The minimum atomic E-state index is 0.316. The fraction of sp³-hybridized carbons (Fsp3) is 0.400. The Bertz CT molecular complexity index is 614. The number of rotatable bonds is 7. The molecule has 0 radical (unpaired) electrons. The van der Waals surface area contributed by atoms with Gasteiger partial charge in [-0.25, -0.2) is 0 Å². The van der Waals surface area contributed by atoms with Crippen molar-refractivity contribution < 1.29 is 4.74 Å². The van der Waals surface area contributed by atoms with E-state index in [1.54, 1.807) is 24.9 Å². The van der Waals surface area contributed by atoms with Crippen molar-refractivity contribution in [2.45, 2.75) is 39.5 Å². The molecule has 1 N–H and O–H groups in total. The van der Waals surface area contributed by atoms with Gasteiger partial charge in [-0.2, -0.15) is 0 Å². The second-order valence-electron chi connectivity index (χ2n) is 5.26. The van der Waals surface area contributed by atoms with Crippen molar-refractivity contribution in [3.63, 3.8) is 0 Å². The van der Waals surface area contributed by atoms with Crippen molar-refractivity contribution in [2.75, 3.05) is 19.5 Å². The lowest BCUT2D eigenvalue weighted by Crippen LogP contribution is -1.98. The second kappa shape index (κ2) is 12.3. The largest absolute Gasteiger partial charge is 0.496 e. The lowest BCUT2D eigenvalue weighted by Gasteiger charge is -2.14. The summed E-state index contributed by atoms with van der Waals surface area (Å²) >= 11 is 14.2. The average Bonchev–Trinajstić information content (AvgIpc) is 2.59. The highest BCUT2D eigenvalue weighted by atomic mass is 35.5. The minimum Gasteiger partial charge on any atom is -0.496 e. The topological polar surface area (TPSA) is 21.3 Å². The van der Waals surface area contributed by atoms with E-state index in [-0.39, 0.29) is 0 Å². The van der Waals surface area contributed by atoms with Crippen LogP contribution in [-0.2, 0) is 4.74 Å². The number of halogens is 2. The summed E-state index contributed by atoms with van der Waals surface area (Å²) in [6, 6.07) is 3.74. The Kier molecular flexibility index (Phi) is 11.8. The molecule has 140 valence electrons. The van der Waals surface area contributed by atoms with Crippen LogP contribution >= 0.6 is 35.0 Å². The van der Waals surface area contributed by atoms with Crippen molar-refractivity contribution in [2.24, 2.45) is 5.92 Å². The average molecular weight is 402 g/mol. The van der Waals surface area contributed by atoms with Crippen LogP contribution in [0.25, 0.3) is 0 Å². The van der Waals surface area contributed by atoms with E-state index >= 15 is 0 Å². The monoisotopic (exact) mass is 401 g/mol. The maximum Gasteiger partial charge on any atom is 0.121 e. The molecule has 25 heavy (non-hydrogen) atoms. The first-order valence-electron chi connectivity index (χ1n) is 8.27. The highest BCUT2D eigenvalue weighted by molar-refractivity contribution is 8.03. The van der Waals surface area contributed by atoms with E-state index in [1.165, 1.54) is 0 Å². The van der Waals surface area contributed by atoms with E-state index in [0.717, 1.165) is 26.8 Å². The van der Waals surface area contributed by atoms with Crippen LogP contribution < -0.4 is 5.32 Å². The van der Waals surface area contributed by atoms with Gasteiger partial charge in [0, 0.05) is 17.6 Å². The predicted molar refractivity (Wildman–Crippen MR) is 116 cm³/mol. The number of hydrogen-bond donors (Lipinski definition) is 1. The molecule has 2 nitrogen and oxygen atoms in total. The van der Waals surface area contributed by atoms with Gasteiger partial charge in [-0.05, 0) is 47.6 Å². The number of benzene rings is 1. The number of hydrogen-bond acceptors (Lipinski definition) is 3. The zero-order valence-corrected chi connectivity index (χ0v) is 18.5. The lowest BCUT2D eigenvalue weighted by atomic mass is 10.0. The smallest absolute Gasteiger partial charge is 0.121 e. The molecule has 0 spiro atoms. The van der Waals surface area contributed by atoms with E-state index in [0.29, 0.717) is 16.0 Å². The second-order valence-corrected chi connectivity index (χ2v) is 7.33. The third-order valence-corrected chi connectivity index (χ3v) is 5.12. The summed E-state index contributed by atoms with van der Waals surface area (Å²) in [5.41, 5.74) is 1.98. The highest BCUT2D eigenvalue weighted by Crippen LogP contribution is 2.40. The zero-order chi connectivity index (χ0) is 19.6. The highest BCUT2D eigenvalue weighted by Gasteiger charge is 2.12. The predicted octanol–water partition coefficient (Wildman–Crippen LogP) is 7.80. The van der Waals surface area contributed by atoms with Gasteiger partial charge in [-0.15, -0.1) is 0 Å². The number of ether oxygens (including phenoxy) is 1. The molecular formula is C20H29Cl2NOS. The molecule has 1 rings (SSSR count). The molecule has 0 saturated heterocycles. The van der Waals surface area contributed by atoms with Gasteiger partial charge < -0.3 is 10.1 Å². The molecule has 0 heterocycles. The third kappa shape index (κ3) is 7.39. The summed E-state index contributed by atoms with van der Waals surface area (Å²) in [6.07, 6.45) is 3.82. The Hall–Kier alpha value is -1.03. The number of nitrogens with one attached hydrogen (secondary N) is 1. The standard InChI is InChI=1S/C18H23Cl2NOS.C2H6/c1-7-17(22-6)14(11(2)3)8-12(4)23-18-15(19)9-13(21-5)10-16(18)20;1-2/h7-11,21H,1H2,2-6H3;1-2H3/b12-8+,17-14-;. The fourth-order valence-corrected chi connectivity index (χ4v) is 3.59. The van der Waals surface area contributed by atoms with E-state index in [4.69, 9.17) is 27.9 Å². The molecule has 1 aromatic rings. The van der Waals surface area contributed by atoms with Crippen molar-refractivity contribution >= 4 is 40.7 Å². The maximum atomic E-state index is 6.35. The van der Waals surface area contributed by atoms with Gasteiger partial charge in [0.15, 0.2) is 0 Å². The summed E-state index contributed by atoms with van der Waals surface area (Å²) < 4.78 is 5.40. The van der Waals surface area contributed by atoms with E-state index in [1.807, 2.05) is 40.0 Å². The molecule has 1 aromatic carbocycles. The summed E-state index contributed by atoms with van der Waals surface area (Å²) in [7, 11) is 3.49. The molecule has 0 aliphatic rings. The number of methoxy groups -OCH3 is 1. The van der Waals surface area contributed by atoms with Gasteiger partial charge >= 0.3 is 0 Å². The van der Waals surface area contributed by atoms with Crippen LogP contribution in [0.5, 0.6) is 0 Å². The quantitative estimate of drug-likeness (QED) is 0.286. The number of allylic oxidation sites excluding steroid dienone is 4. The van der Waals surface area contributed by atoms with Gasteiger partial charge in [0.05, 0.1) is 17.2 Å². The number of thioether (sulfide) groups is 1. The van der Waals surface area contributed by atoms with Gasteiger partial charge in [-0.1, -0.05) is 69.2 Å². The fourth-order valence-electron chi connectivity index (χ4n) is 2.05. The first-order chi connectivity index (χ1) is 11.8. The summed E-state index contributed by atoms with van der Waals surface area (Å²) in [5, 5.41) is 4.30. The Morgan fingerprint density at radius 1 is 1.24 bits per heavy atom. The van der Waals surface area contributed by atoms with Crippen molar-refractivity contribution in [3.05, 3.63) is 57.1 Å². The molecule has 0 atom stereocenters. The molecule has 0 saturated carbocycles. The molecule has 0 aliphatic carbocycles. The first kappa shape index (κ1) is 24.0. The van der Waals surface area contributed by atoms with Crippen LogP contribution in [0.3, 0.4) is 0 Å². The molecule has 0 amide bonds. The summed E-state index contributed by atoms with van der Waals surface area (Å²) in [6.45, 7) is 14.1. The molecule has 0 aliphatic heterocycles. The van der Waals surface area contributed by atoms with E-state index < -0.39 is 0 Å². The third-order valence-electron chi connectivity index (χ3n) is 3.22. The van der Waals surface area contributed by atoms with Gasteiger partial charge in [0.25, 0.3) is 0 Å². The molecule has 0 bridgehead atoms. The van der Waals surface area contributed by atoms with Crippen LogP contribution in [-0.4, -0.2) is 14.2 Å². The maximum absolute atomic E-state index is 6.35. The number of anilines is 1. The molecular weight excluding hydrogens is 373 g/mol. The van der Waals surface area contributed by atoms with Crippen molar-refractivity contribution in [1.29, 1.82) is 0 Å².